The molecule has 1 fully saturated rings. The van der Waals surface area contributed by atoms with E-state index in [0.29, 0.717) is 53.3 Å². The second kappa shape index (κ2) is 9.70. The van der Waals surface area contributed by atoms with Crippen molar-refractivity contribution < 1.29 is 18.7 Å². The van der Waals surface area contributed by atoms with Crippen molar-refractivity contribution in [3.63, 3.8) is 0 Å². The zero-order valence-corrected chi connectivity index (χ0v) is 20.2. The molecule has 4 heterocycles. The Hall–Kier alpha value is -4.78. The largest absolute Gasteiger partial charge is 0.492 e. The number of anilines is 3. The molecule has 37 heavy (non-hydrogen) atoms. The molecule has 10 heteroatoms. The highest BCUT2D eigenvalue weighted by atomic mass is 19.1. The zero-order valence-electron chi connectivity index (χ0n) is 20.2. The molecule has 9 nitrogen and oxygen atoms in total. The highest BCUT2D eigenvalue weighted by molar-refractivity contribution is 6.06. The summed E-state index contributed by atoms with van der Waals surface area (Å²) in [5.41, 5.74) is 9.81. The van der Waals surface area contributed by atoms with Crippen LogP contribution in [0.3, 0.4) is 0 Å². The van der Waals surface area contributed by atoms with E-state index >= 15 is 0 Å². The number of nitrogens with two attached hydrogens (primary N) is 1. The molecule has 5 N–H and O–H groups in total. The van der Waals surface area contributed by atoms with Crippen molar-refractivity contribution in [1.82, 2.24) is 20.2 Å². The molecule has 0 aliphatic carbocycles. The van der Waals surface area contributed by atoms with Crippen LogP contribution in [-0.2, 0) is 11.2 Å². The molecule has 5 rings (SSSR count). The number of hydrogen-bond donors (Lipinski definition) is 4. The summed E-state index contributed by atoms with van der Waals surface area (Å²) in [4.78, 5) is 34.1. The summed E-state index contributed by atoms with van der Waals surface area (Å²) in [7, 11) is 1.38. The van der Waals surface area contributed by atoms with E-state index in [1.807, 2.05) is 0 Å². The molecule has 0 saturated carbocycles. The summed E-state index contributed by atoms with van der Waals surface area (Å²) in [6.45, 7) is 4.63. The van der Waals surface area contributed by atoms with Crippen LogP contribution < -0.4 is 21.1 Å². The molecule has 3 aromatic rings. The molecule has 0 spiro atoms. The van der Waals surface area contributed by atoms with Gasteiger partial charge in [0.05, 0.1) is 41.3 Å². The minimum Gasteiger partial charge on any atom is -0.492 e. The van der Waals surface area contributed by atoms with Gasteiger partial charge in [0.25, 0.3) is 5.91 Å². The molecule has 0 radical (unpaired) electrons. The van der Waals surface area contributed by atoms with Crippen molar-refractivity contribution in [2.24, 2.45) is 0 Å². The molecule has 1 aromatic carbocycles. The van der Waals surface area contributed by atoms with Gasteiger partial charge in [-0.25, -0.2) is 9.37 Å². The summed E-state index contributed by atoms with van der Waals surface area (Å²) >= 11 is 0. The first-order valence-electron chi connectivity index (χ1n) is 11.7. The zero-order chi connectivity index (χ0) is 26.1. The fourth-order valence-corrected chi connectivity index (χ4v) is 4.55. The predicted octanol–water partition coefficient (Wildman–Crippen LogP) is 2.97. The summed E-state index contributed by atoms with van der Waals surface area (Å²) < 4.78 is 19.7. The van der Waals surface area contributed by atoms with Crippen LogP contribution in [0.5, 0.6) is 5.75 Å². The quantitative estimate of drug-likeness (QED) is 0.315. The van der Waals surface area contributed by atoms with Crippen LogP contribution in [0, 0.1) is 17.7 Å². The topological polar surface area (TPSA) is 125 Å². The average Bonchev–Trinajstić information content (AvgIpc) is 3.23. The number of H-pyrrole nitrogens is 1. The van der Waals surface area contributed by atoms with E-state index in [9.17, 15) is 14.0 Å². The number of nitrogen functional groups attached to an aromatic ring is 1. The van der Waals surface area contributed by atoms with Gasteiger partial charge in [-0.1, -0.05) is 24.5 Å². The first-order valence-corrected chi connectivity index (χ1v) is 11.7. The van der Waals surface area contributed by atoms with E-state index in [1.165, 1.54) is 19.3 Å². The van der Waals surface area contributed by atoms with E-state index in [2.05, 4.69) is 39.0 Å². The van der Waals surface area contributed by atoms with Crippen LogP contribution in [0.15, 0.2) is 43.1 Å². The number of aromatic amines is 1. The van der Waals surface area contributed by atoms with E-state index in [0.717, 1.165) is 12.1 Å². The number of rotatable bonds is 5. The Morgan fingerprint density at radius 3 is 2.97 bits per heavy atom. The third-order valence-corrected chi connectivity index (χ3v) is 6.49. The van der Waals surface area contributed by atoms with Gasteiger partial charge in [-0.15, -0.1) is 0 Å². The lowest BCUT2D eigenvalue weighted by atomic mass is 10.00. The highest BCUT2D eigenvalue weighted by Crippen LogP contribution is 2.41. The fraction of sp³-hybridized carbons (Fsp3) is 0.222. The normalized spacial score (nSPS) is 16.0. The van der Waals surface area contributed by atoms with Crippen molar-refractivity contribution in [2.75, 3.05) is 31.2 Å². The van der Waals surface area contributed by atoms with Gasteiger partial charge in [0.1, 0.15) is 5.82 Å². The van der Waals surface area contributed by atoms with Gasteiger partial charge in [-0.3, -0.25) is 9.59 Å². The number of methoxy groups -OCH3 is 1. The summed E-state index contributed by atoms with van der Waals surface area (Å²) in [6.07, 6.45) is 4.15. The average molecular weight is 501 g/mol. The lowest BCUT2D eigenvalue weighted by molar-refractivity contribution is -0.131. The number of para-hydroxylation sites is 1. The number of amides is 2. The second-order valence-corrected chi connectivity index (χ2v) is 8.61. The first kappa shape index (κ1) is 23.9. The Bertz CT molecular complexity index is 1490. The van der Waals surface area contributed by atoms with Gasteiger partial charge in [0.15, 0.2) is 11.6 Å². The number of hydrogen-bond acceptors (Lipinski definition) is 6. The third kappa shape index (κ3) is 4.25. The third-order valence-electron chi connectivity index (χ3n) is 6.49. The van der Waals surface area contributed by atoms with Crippen LogP contribution in [0.1, 0.15) is 28.0 Å². The fourth-order valence-electron chi connectivity index (χ4n) is 4.55. The van der Waals surface area contributed by atoms with Gasteiger partial charge in [0.2, 0.25) is 5.91 Å². The molecular weight excluding hydrogens is 475 g/mol. The van der Waals surface area contributed by atoms with Crippen molar-refractivity contribution in [1.29, 1.82) is 0 Å². The van der Waals surface area contributed by atoms with E-state index in [4.69, 9.17) is 10.5 Å². The number of nitrogens with one attached hydrogen (secondary N) is 3. The molecule has 2 amide bonds. The first-order chi connectivity index (χ1) is 17.9. The number of carbonyl (C=O) groups excluding carboxylic acids is 2. The number of pyridine rings is 1. The van der Waals surface area contributed by atoms with Crippen molar-refractivity contribution in [2.45, 2.75) is 18.9 Å². The smallest absolute Gasteiger partial charge is 0.255 e. The van der Waals surface area contributed by atoms with Crippen LogP contribution in [0.25, 0.3) is 11.3 Å². The predicted molar refractivity (Wildman–Crippen MR) is 138 cm³/mol. The number of benzene rings is 1. The van der Waals surface area contributed by atoms with Crippen molar-refractivity contribution in [3.8, 4) is 28.8 Å². The maximum atomic E-state index is 14.4. The molecule has 0 bridgehead atoms. The van der Waals surface area contributed by atoms with Crippen molar-refractivity contribution >= 4 is 29.0 Å². The molecule has 1 saturated heterocycles. The molecule has 2 aliphatic rings. The molecular formula is C27H25FN6O3. The lowest BCUT2D eigenvalue weighted by Crippen LogP contribution is -2.49. The summed E-state index contributed by atoms with van der Waals surface area (Å²) in [6, 6.07) is 6.00. The molecule has 0 unspecified atom stereocenters. The monoisotopic (exact) mass is 500 g/mol. The number of aromatic nitrogens is 2. The Labute approximate surface area is 212 Å². The van der Waals surface area contributed by atoms with Gasteiger partial charge >= 0.3 is 0 Å². The number of halogens is 1. The minimum atomic E-state index is -0.540. The summed E-state index contributed by atoms with van der Waals surface area (Å²) in [5, 5.41) is 6.06. The van der Waals surface area contributed by atoms with Crippen LogP contribution in [0.2, 0.25) is 0 Å². The Balaban J connectivity index is 1.64. The Kier molecular flexibility index (Phi) is 6.27. The minimum absolute atomic E-state index is 0.0193. The maximum absolute atomic E-state index is 14.4. The number of fused-ring (bicyclic) bond motifs is 1. The SMILES string of the molecule is C=CC(=O)N1CC[C@H]1C#Cc1c(-c2[nH]c3c(c2Nc2cccc(F)c2OC)C(=O)NCC3)ccnc1N. The lowest BCUT2D eigenvalue weighted by Gasteiger charge is -2.36. The number of ether oxygens (including phenoxy) is 1. The highest BCUT2D eigenvalue weighted by Gasteiger charge is 2.30. The number of nitrogens with zero attached hydrogens (tertiary/aromatic N) is 2. The Morgan fingerprint density at radius 2 is 2.24 bits per heavy atom. The van der Waals surface area contributed by atoms with E-state index < -0.39 is 5.82 Å². The maximum Gasteiger partial charge on any atom is 0.255 e. The molecule has 188 valence electrons. The van der Waals surface area contributed by atoms with Gasteiger partial charge in [0, 0.05) is 37.0 Å². The Morgan fingerprint density at radius 1 is 1.41 bits per heavy atom. The van der Waals surface area contributed by atoms with Gasteiger partial charge in [-0.05, 0) is 30.7 Å². The van der Waals surface area contributed by atoms with Gasteiger partial charge < -0.3 is 31.0 Å². The number of likely N-dealkylation sites (tertiary alicyclic amines) is 1. The molecule has 2 aromatic heterocycles. The van der Waals surface area contributed by atoms with Crippen molar-refractivity contribution in [3.05, 3.63) is 65.8 Å². The molecule has 2 aliphatic heterocycles. The standard InChI is InChI=1S/C27H25FN6O3/c1-3-21(35)34-14-11-15(34)7-8-17-16(9-12-30-26(17)29)23-24(22-19(32-23)10-13-31-27(22)36)33-20-6-4-5-18(28)25(20)37-2/h3-6,9,12,15,32-33H,1,10-11,13-14H2,2H3,(H2,29,30)(H,31,36)/t15-/m1/s1. The number of carbonyl (C=O) groups is 2. The van der Waals surface area contributed by atoms with E-state index in [1.54, 1.807) is 29.3 Å². The van der Waals surface area contributed by atoms with Crippen LogP contribution in [-0.4, -0.2) is 52.9 Å². The summed E-state index contributed by atoms with van der Waals surface area (Å²) in [5.74, 6) is 5.48. The molecule has 1 atom stereocenters. The van der Waals surface area contributed by atoms with E-state index in [-0.39, 0.29) is 29.4 Å². The van der Waals surface area contributed by atoms with Crippen LogP contribution in [0.4, 0.5) is 21.6 Å². The van der Waals surface area contributed by atoms with Gasteiger partial charge in [-0.2, -0.15) is 0 Å². The van der Waals surface area contributed by atoms with Crippen LogP contribution >= 0.6 is 0 Å². The second-order valence-electron chi connectivity index (χ2n) is 8.61.